The summed E-state index contributed by atoms with van der Waals surface area (Å²) in [5, 5.41) is 15.4. The summed E-state index contributed by atoms with van der Waals surface area (Å²) in [7, 11) is 0. The molecule has 0 aliphatic carbocycles. The molecule has 9 nitrogen and oxygen atoms in total. The molecule has 0 bridgehead atoms. The Morgan fingerprint density at radius 1 is 1.13 bits per heavy atom. The number of carbonyl (C=O) groups is 1. The van der Waals surface area contributed by atoms with Crippen LogP contribution in [0.15, 0.2) is 82.4 Å². The minimum Gasteiger partial charge on any atom is -0.451 e. The maximum absolute atomic E-state index is 12.1. The number of rotatable bonds is 6. The van der Waals surface area contributed by atoms with E-state index in [2.05, 4.69) is 15.5 Å². The molecular formula is C21H14N4O5. The number of para-hydroxylation sites is 1. The first-order valence-electron chi connectivity index (χ1n) is 8.79. The first kappa shape index (κ1) is 18.8. The molecule has 1 N–H and O–H groups in total. The van der Waals surface area contributed by atoms with E-state index in [1.54, 1.807) is 36.4 Å². The van der Waals surface area contributed by atoms with Gasteiger partial charge in [0.15, 0.2) is 5.76 Å². The predicted octanol–water partition coefficient (Wildman–Crippen LogP) is 4.29. The summed E-state index contributed by atoms with van der Waals surface area (Å²) in [6.07, 6.45) is 2.61. The van der Waals surface area contributed by atoms with E-state index >= 15 is 0 Å². The van der Waals surface area contributed by atoms with Crippen molar-refractivity contribution in [3.8, 4) is 11.6 Å². The molecule has 30 heavy (non-hydrogen) atoms. The number of hydrazone groups is 1. The SMILES string of the molecule is O=C(N/N=C/c1ccc(Oc2ccc([N+](=O)[O-])cn2)cc1)c1cc2ccccc2o1. The summed E-state index contributed by atoms with van der Waals surface area (Å²) in [4.78, 5) is 26.1. The number of nitro groups is 1. The second-order valence-corrected chi connectivity index (χ2v) is 6.13. The molecule has 2 aromatic heterocycles. The van der Waals surface area contributed by atoms with Crippen LogP contribution < -0.4 is 10.2 Å². The molecule has 148 valence electrons. The fraction of sp³-hybridized carbons (Fsp3) is 0. The fourth-order valence-corrected chi connectivity index (χ4v) is 2.60. The van der Waals surface area contributed by atoms with E-state index in [1.165, 1.54) is 18.3 Å². The van der Waals surface area contributed by atoms with Crippen molar-refractivity contribution in [1.82, 2.24) is 10.4 Å². The molecule has 0 aliphatic heterocycles. The van der Waals surface area contributed by atoms with Crippen LogP contribution in [0.5, 0.6) is 11.6 Å². The molecule has 4 rings (SSSR count). The molecule has 4 aromatic rings. The highest BCUT2D eigenvalue weighted by atomic mass is 16.6. The number of hydrogen-bond acceptors (Lipinski definition) is 7. The van der Waals surface area contributed by atoms with Crippen LogP contribution in [0.2, 0.25) is 0 Å². The lowest BCUT2D eigenvalue weighted by Gasteiger charge is -2.04. The number of amides is 1. The molecule has 0 spiro atoms. The number of nitrogens with zero attached hydrogens (tertiary/aromatic N) is 3. The van der Waals surface area contributed by atoms with E-state index in [0.717, 1.165) is 17.1 Å². The zero-order valence-corrected chi connectivity index (χ0v) is 15.4. The second kappa shape index (κ2) is 8.23. The first-order valence-corrected chi connectivity index (χ1v) is 8.79. The van der Waals surface area contributed by atoms with Gasteiger partial charge in [-0.2, -0.15) is 5.10 Å². The highest BCUT2D eigenvalue weighted by Gasteiger charge is 2.11. The zero-order valence-electron chi connectivity index (χ0n) is 15.4. The summed E-state index contributed by atoms with van der Waals surface area (Å²) in [6.45, 7) is 0. The Bertz CT molecular complexity index is 1200. The maximum Gasteiger partial charge on any atom is 0.307 e. The van der Waals surface area contributed by atoms with Crippen LogP contribution in [0.4, 0.5) is 5.69 Å². The number of hydrogen-bond donors (Lipinski definition) is 1. The third-order valence-corrected chi connectivity index (χ3v) is 4.06. The Balaban J connectivity index is 1.35. The quantitative estimate of drug-likeness (QED) is 0.292. The summed E-state index contributed by atoms with van der Waals surface area (Å²) >= 11 is 0. The smallest absolute Gasteiger partial charge is 0.307 e. The lowest BCUT2D eigenvalue weighted by molar-refractivity contribution is -0.385. The van der Waals surface area contributed by atoms with Crippen molar-refractivity contribution in [2.45, 2.75) is 0 Å². The molecule has 1 amide bonds. The maximum atomic E-state index is 12.1. The van der Waals surface area contributed by atoms with Crippen molar-refractivity contribution in [3.63, 3.8) is 0 Å². The number of carbonyl (C=O) groups excluding carboxylic acids is 1. The largest absolute Gasteiger partial charge is 0.451 e. The summed E-state index contributed by atoms with van der Waals surface area (Å²) in [6, 6.07) is 18.6. The van der Waals surface area contributed by atoms with Crippen molar-refractivity contribution in [1.29, 1.82) is 0 Å². The lowest BCUT2D eigenvalue weighted by Crippen LogP contribution is -2.16. The van der Waals surface area contributed by atoms with Gasteiger partial charge in [0.25, 0.3) is 5.69 Å². The van der Waals surface area contributed by atoms with Crippen LogP contribution in [-0.4, -0.2) is 22.0 Å². The number of fused-ring (bicyclic) bond motifs is 1. The highest BCUT2D eigenvalue weighted by Crippen LogP contribution is 2.21. The molecule has 2 heterocycles. The van der Waals surface area contributed by atoms with E-state index < -0.39 is 10.8 Å². The van der Waals surface area contributed by atoms with Gasteiger partial charge in [0.05, 0.1) is 11.1 Å². The lowest BCUT2D eigenvalue weighted by atomic mass is 10.2. The molecule has 0 unspecified atom stereocenters. The average Bonchev–Trinajstić information content (AvgIpc) is 3.20. The number of ether oxygens (including phenoxy) is 1. The van der Waals surface area contributed by atoms with E-state index in [0.29, 0.717) is 11.3 Å². The summed E-state index contributed by atoms with van der Waals surface area (Å²) < 4.78 is 11.0. The van der Waals surface area contributed by atoms with Crippen LogP contribution in [0.1, 0.15) is 16.1 Å². The number of benzene rings is 2. The van der Waals surface area contributed by atoms with Crippen LogP contribution in [0.25, 0.3) is 11.0 Å². The van der Waals surface area contributed by atoms with E-state index in [-0.39, 0.29) is 17.3 Å². The van der Waals surface area contributed by atoms with E-state index in [1.807, 2.05) is 18.2 Å². The number of furan rings is 1. The van der Waals surface area contributed by atoms with Crippen molar-refractivity contribution < 1.29 is 18.9 Å². The van der Waals surface area contributed by atoms with Crippen molar-refractivity contribution in [2.75, 3.05) is 0 Å². The topological polar surface area (TPSA) is 120 Å². The Kier molecular flexibility index (Phi) is 5.16. The van der Waals surface area contributed by atoms with Crippen molar-refractivity contribution in [2.24, 2.45) is 5.10 Å². The Morgan fingerprint density at radius 3 is 2.63 bits per heavy atom. The van der Waals surface area contributed by atoms with Crippen LogP contribution in [0, 0.1) is 10.1 Å². The van der Waals surface area contributed by atoms with Crippen LogP contribution in [0.3, 0.4) is 0 Å². The molecule has 2 aromatic carbocycles. The van der Waals surface area contributed by atoms with Gasteiger partial charge in [0, 0.05) is 17.5 Å². The second-order valence-electron chi connectivity index (χ2n) is 6.13. The van der Waals surface area contributed by atoms with Gasteiger partial charge in [-0.15, -0.1) is 0 Å². The summed E-state index contributed by atoms with van der Waals surface area (Å²) in [5.74, 6) is 0.458. The third-order valence-electron chi connectivity index (χ3n) is 4.06. The molecule has 0 atom stereocenters. The molecule has 0 aliphatic rings. The Labute approximate surface area is 169 Å². The Morgan fingerprint density at radius 2 is 1.93 bits per heavy atom. The monoisotopic (exact) mass is 402 g/mol. The van der Waals surface area contributed by atoms with Gasteiger partial charge in [0.2, 0.25) is 5.88 Å². The standard InChI is InChI=1S/C21H14N4O5/c26-21(19-11-15-3-1-2-4-18(15)30-19)24-23-12-14-5-8-17(9-6-14)29-20-10-7-16(13-22-20)25(27)28/h1-13H,(H,24,26)/b23-12+. The van der Waals surface area contributed by atoms with Gasteiger partial charge in [-0.25, -0.2) is 10.4 Å². The zero-order chi connectivity index (χ0) is 20.9. The van der Waals surface area contributed by atoms with Gasteiger partial charge in [-0.05, 0) is 42.0 Å². The highest BCUT2D eigenvalue weighted by molar-refractivity contribution is 5.96. The van der Waals surface area contributed by atoms with Gasteiger partial charge < -0.3 is 9.15 Å². The predicted molar refractivity (Wildman–Crippen MR) is 109 cm³/mol. The van der Waals surface area contributed by atoms with E-state index in [4.69, 9.17) is 9.15 Å². The van der Waals surface area contributed by atoms with Gasteiger partial charge in [-0.3, -0.25) is 14.9 Å². The van der Waals surface area contributed by atoms with Crippen LogP contribution in [-0.2, 0) is 0 Å². The molecule has 0 saturated heterocycles. The number of pyridine rings is 1. The van der Waals surface area contributed by atoms with Gasteiger partial charge >= 0.3 is 5.91 Å². The summed E-state index contributed by atoms with van der Waals surface area (Å²) in [5.41, 5.74) is 3.66. The van der Waals surface area contributed by atoms with E-state index in [9.17, 15) is 14.9 Å². The molecule has 0 radical (unpaired) electrons. The third kappa shape index (κ3) is 4.30. The fourth-order valence-electron chi connectivity index (χ4n) is 2.60. The van der Waals surface area contributed by atoms with Crippen molar-refractivity contribution in [3.05, 3.63) is 94.4 Å². The molecule has 0 saturated carbocycles. The molecule has 9 heteroatoms. The normalized spacial score (nSPS) is 10.9. The van der Waals surface area contributed by atoms with Gasteiger partial charge in [0.1, 0.15) is 17.5 Å². The van der Waals surface area contributed by atoms with Crippen LogP contribution >= 0.6 is 0 Å². The minimum absolute atomic E-state index is 0.112. The number of nitrogens with one attached hydrogen (secondary N) is 1. The number of aromatic nitrogens is 1. The molecular weight excluding hydrogens is 388 g/mol. The first-order chi connectivity index (χ1) is 14.6. The van der Waals surface area contributed by atoms with Gasteiger partial charge in [-0.1, -0.05) is 18.2 Å². The average molecular weight is 402 g/mol. The van der Waals surface area contributed by atoms with Crippen molar-refractivity contribution >= 4 is 28.8 Å². The molecule has 0 fully saturated rings. The Hall–Kier alpha value is -4.53. The minimum atomic E-state index is -0.530.